The molecule has 0 aliphatic heterocycles. The van der Waals surface area contributed by atoms with E-state index >= 15 is 0 Å². The second-order valence-corrected chi connectivity index (χ2v) is 7.09. The molecule has 0 bridgehead atoms. The van der Waals surface area contributed by atoms with Crippen molar-refractivity contribution < 1.29 is 13.9 Å². The quantitative estimate of drug-likeness (QED) is 0.858. The van der Waals surface area contributed by atoms with E-state index in [1.54, 1.807) is 24.4 Å². The first-order valence-corrected chi connectivity index (χ1v) is 8.89. The van der Waals surface area contributed by atoms with Crippen molar-refractivity contribution in [3.8, 4) is 11.6 Å². The van der Waals surface area contributed by atoms with Crippen molar-refractivity contribution in [3.05, 3.63) is 54.0 Å². The lowest BCUT2D eigenvalue weighted by atomic mass is 9.74. The molecule has 3 rings (SSSR count). The van der Waals surface area contributed by atoms with E-state index in [9.17, 15) is 9.18 Å². The number of hydrogen-bond donors (Lipinski definition) is 2. The van der Waals surface area contributed by atoms with E-state index in [-0.39, 0.29) is 17.6 Å². The zero-order valence-electron chi connectivity index (χ0n) is 14.9. The van der Waals surface area contributed by atoms with Crippen LogP contribution in [0.5, 0.6) is 11.6 Å². The number of ether oxygens (including phenoxy) is 1. The van der Waals surface area contributed by atoms with Crippen LogP contribution in [0.3, 0.4) is 0 Å². The van der Waals surface area contributed by atoms with Crippen LogP contribution in [0.1, 0.15) is 38.2 Å². The Balaban J connectivity index is 1.55. The van der Waals surface area contributed by atoms with Crippen molar-refractivity contribution in [2.75, 3.05) is 0 Å². The lowest BCUT2D eigenvalue weighted by Crippen LogP contribution is -2.52. The molecule has 138 valence electrons. The Labute approximate surface area is 152 Å². The average Bonchev–Trinajstić information content (AvgIpc) is 2.60. The van der Waals surface area contributed by atoms with Crippen LogP contribution >= 0.6 is 0 Å². The molecule has 1 aliphatic carbocycles. The summed E-state index contributed by atoms with van der Waals surface area (Å²) in [6.45, 7) is 2.34. The highest BCUT2D eigenvalue weighted by molar-refractivity contribution is 5.80. The van der Waals surface area contributed by atoms with E-state index in [1.165, 1.54) is 12.1 Å². The fraction of sp³-hybridized carbons (Fsp3) is 0.400. The third-order valence-electron chi connectivity index (χ3n) is 4.85. The van der Waals surface area contributed by atoms with Gasteiger partial charge in [-0.15, -0.1) is 0 Å². The molecule has 2 aromatic rings. The van der Waals surface area contributed by atoms with Crippen LogP contribution in [0.15, 0.2) is 42.6 Å². The molecule has 6 heteroatoms. The molecule has 1 aromatic carbocycles. The third kappa shape index (κ3) is 4.58. The lowest BCUT2D eigenvalue weighted by Gasteiger charge is -2.37. The molecular weight excluding hydrogens is 333 g/mol. The maximum Gasteiger partial charge on any atom is 0.225 e. The summed E-state index contributed by atoms with van der Waals surface area (Å²) in [7, 11) is 0. The minimum atomic E-state index is -0.441. The van der Waals surface area contributed by atoms with Gasteiger partial charge in [0.2, 0.25) is 11.8 Å². The highest BCUT2D eigenvalue weighted by atomic mass is 19.1. The zero-order chi connectivity index (χ0) is 18.6. The molecule has 1 aromatic heterocycles. The van der Waals surface area contributed by atoms with Gasteiger partial charge in [0.05, 0.1) is 5.92 Å². The molecular formula is C20H24FN3O2. The number of nitrogens with one attached hydrogen (secondary N) is 1. The summed E-state index contributed by atoms with van der Waals surface area (Å²) in [6.07, 6.45) is 5.46. The van der Waals surface area contributed by atoms with E-state index in [4.69, 9.17) is 10.5 Å². The van der Waals surface area contributed by atoms with Crippen molar-refractivity contribution in [1.29, 1.82) is 0 Å². The van der Waals surface area contributed by atoms with Gasteiger partial charge >= 0.3 is 0 Å². The summed E-state index contributed by atoms with van der Waals surface area (Å²) >= 11 is 0. The van der Waals surface area contributed by atoms with E-state index in [2.05, 4.69) is 10.3 Å². The van der Waals surface area contributed by atoms with Crippen LogP contribution in [0.2, 0.25) is 0 Å². The summed E-state index contributed by atoms with van der Waals surface area (Å²) in [4.78, 5) is 16.7. The Kier molecular flexibility index (Phi) is 5.52. The van der Waals surface area contributed by atoms with Gasteiger partial charge in [-0.05, 0) is 37.5 Å². The van der Waals surface area contributed by atoms with E-state index in [0.717, 1.165) is 31.2 Å². The van der Waals surface area contributed by atoms with Gasteiger partial charge in [0, 0.05) is 30.4 Å². The van der Waals surface area contributed by atoms with Crippen molar-refractivity contribution in [2.24, 2.45) is 11.7 Å². The van der Waals surface area contributed by atoms with Gasteiger partial charge in [-0.2, -0.15) is 0 Å². The van der Waals surface area contributed by atoms with Gasteiger partial charge in [-0.3, -0.25) is 4.79 Å². The SMILES string of the molecule is CC1(N)CCCCC1C(=O)NCc1ccc(Oc2cccc(F)c2)nc1. The van der Waals surface area contributed by atoms with Crippen molar-refractivity contribution in [3.63, 3.8) is 0 Å². The number of hydrogen-bond acceptors (Lipinski definition) is 4. The Morgan fingerprint density at radius 3 is 2.92 bits per heavy atom. The van der Waals surface area contributed by atoms with Crippen molar-refractivity contribution >= 4 is 5.91 Å². The van der Waals surface area contributed by atoms with Crippen LogP contribution in [0.4, 0.5) is 4.39 Å². The number of nitrogens with zero attached hydrogens (tertiary/aromatic N) is 1. The molecule has 1 fully saturated rings. The highest BCUT2D eigenvalue weighted by Gasteiger charge is 2.37. The standard InChI is InChI=1S/C20H24FN3O2/c1-20(22)10-3-2-7-17(20)19(25)24-13-14-8-9-18(23-12-14)26-16-6-4-5-15(21)11-16/h4-6,8-9,11-12,17H,2-3,7,10,13,22H2,1H3,(H,24,25). The van der Waals surface area contributed by atoms with Gasteiger partial charge in [0.25, 0.3) is 0 Å². The topological polar surface area (TPSA) is 77.2 Å². The molecule has 0 saturated heterocycles. The number of carbonyl (C=O) groups is 1. The number of nitrogens with two attached hydrogens (primary N) is 1. The first-order chi connectivity index (χ1) is 12.4. The molecule has 2 atom stereocenters. The van der Waals surface area contributed by atoms with E-state index in [0.29, 0.717) is 18.2 Å². The minimum Gasteiger partial charge on any atom is -0.439 e. The smallest absolute Gasteiger partial charge is 0.225 e. The summed E-state index contributed by atoms with van der Waals surface area (Å²) in [6, 6.07) is 9.40. The average molecular weight is 357 g/mol. The number of pyridine rings is 1. The zero-order valence-corrected chi connectivity index (χ0v) is 14.9. The largest absolute Gasteiger partial charge is 0.439 e. The summed E-state index contributed by atoms with van der Waals surface area (Å²) in [5, 5.41) is 2.95. The van der Waals surface area contributed by atoms with Gasteiger partial charge in [0.15, 0.2) is 0 Å². The number of carbonyl (C=O) groups excluding carboxylic acids is 1. The predicted octanol–water partition coefficient (Wildman–Crippen LogP) is 3.54. The molecule has 26 heavy (non-hydrogen) atoms. The van der Waals surface area contributed by atoms with Crippen LogP contribution in [-0.4, -0.2) is 16.4 Å². The highest BCUT2D eigenvalue weighted by Crippen LogP contribution is 2.31. The number of aromatic nitrogens is 1. The number of benzene rings is 1. The molecule has 0 radical (unpaired) electrons. The molecule has 1 saturated carbocycles. The predicted molar refractivity (Wildman–Crippen MR) is 97.1 cm³/mol. The van der Waals surface area contributed by atoms with Gasteiger partial charge in [-0.1, -0.05) is 25.0 Å². The maximum atomic E-state index is 13.2. The second-order valence-electron chi connectivity index (χ2n) is 7.09. The molecule has 0 spiro atoms. The molecule has 1 heterocycles. The third-order valence-corrected chi connectivity index (χ3v) is 4.85. The monoisotopic (exact) mass is 357 g/mol. The van der Waals surface area contributed by atoms with E-state index in [1.807, 2.05) is 13.0 Å². The maximum absolute atomic E-state index is 13.2. The Bertz CT molecular complexity index is 762. The van der Waals surface area contributed by atoms with Crippen LogP contribution in [0.25, 0.3) is 0 Å². The minimum absolute atomic E-state index is 0.00483. The lowest BCUT2D eigenvalue weighted by molar-refractivity contribution is -0.128. The van der Waals surface area contributed by atoms with Gasteiger partial charge < -0.3 is 15.8 Å². The van der Waals surface area contributed by atoms with Crippen molar-refractivity contribution in [2.45, 2.75) is 44.7 Å². The second kappa shape index (κ2) is 7.83. The van der Waals surface area contributed by atoms with Crippen molar-refractivity contribution in [1.82, 2.24) is 10.3 Å². The first-order valence-electron chi connectivity index (χ1n) is 8.89. The first kappa shape index (κ1) is 18.3. The van der Waals surface area contributed by atoms with Gasteiger partial charge in [0.1, 0.15) is 11.6 Å². The molecule has 5 nitrogen and oxygen atoms in total. The van der Waals surface area contributed by atoms with Crippen LogP contribution in [0, 0.1) is 11.7 Å². The number of rotatable bonds is 5. The number of halogens is 1. The molecule has 3 N–H and O–H groups in total. The Hall–Kier alpha value is -2.47. The fourth-order valence-electron chi connectivity index (χ4n) is 3.33. The van der Waals surface area contributed by atoms with Crippen LogP contribution < -0.4 is 15.8 Å². The normalized spacial score (nSPS) is 22.7. The summed E-state index contributed by atoms with van der Waals surface area (Å²) in [5.74, 6) is 0.233. The fourth-order valence-corrected chi connectivity index (χ4v) is 3.33. The Morgan fingerprint density at radius 1 is 1.38 bits per heavy atom. The van der Waals surface area contributed by atoms with Crippen LogP contribution in [-0.2, 0) is 11.3 Å². The number of amides is 1. The Morgan fingerprint density at radius 2 is 2.23 bits per heavy atom. The molecule has 1 amide bonds. The summed E-state index contributed by atoms with van der Waals surface area (Å²) in [5.41, 5.74) is 6.70. The molecule has 2 unspecified atom stereocenters. The van der Waals surface area contributed by atoms with E-state index < -0.39 is 5.54 Å². The summed E-state index contributed by atoms with van der Waals surface area (Å²) < 4.78 is 18.7. The molecule has 1 aliphatic rings. The van der Waals surface area contributed by atoms with Gasteiger partial charge in [-0.25, -0.2) is 9.37 Å².